The molecule has 1 aromatic heterocycles. The minimum Gasteiger partial charge on any atom is -0.462 e. The van der Waals surface area contributed by atoms with Crippen molar-refractivity contribution in [3.8, 4) is 0 Å². The molecule has 3 rings (SSSR count). The maximum Gasteiger partial charge on any atom is 0.341 e. The van der Waals surface area contributed by atoms with Crippen molar-refractivity contribution in [3.63, 3.8) is 0 Å². The molecule has 180 valence electrons. The van der Waals surface area contributed by atoms with Gasteiger partial charge in [-0.15, -0.1) is 0 Å². The molecule has 0 bridgehead atoms. The molecule has 0 amide bonds. The quantitative estimate of drug-likeness (QED) is 0.382. The number of carbonyl (C=O) groups excluding carboxylic acids is 4. The van der Waals surface area contributed by atoms with Crippen LogP contribution in [0.5, 0.6) is 0 Å². The Labute approximate surface area is 196 Å². The van der Waals surface area contributed by atoms with Crippen LogP contribution < -0.4 is 0 Å². The van der Waals surface area contributed by atoms with Crippen LogP contribution in [0.4, 0.5) is 0 Å². The van der Waals surface area contributed by atoms with Crippen LogP contribution in [0, 0.1) is 6.92 Å². The van der Waals surface area contributed by atoms with Crippen LogP contribution in [-0.2, 0) is 18.9 Å². The van der Waals surface area contributed by atoms with Gasteiger partial charge in [0.25, 0.3) is 0 Å². The van der Waals surface area contributed by atoms with Gasteiger partial charge in [-0.05, 0) is 46.2 Å². The molecule has 0 unspecified atom stereocenters. The molecule has 3 aromatic rings. The summed E-state index contributed by atoms with van der Waals surface area (Å²) in [6.45, 7) is 8.30. The van der Waals surface area contributed by atoms with Crippen molar-refractivity contribution < 1.29 is 38.1 Å². The Balaban J connectivity index is 2.66. The number of aromatic amines is 1. The summed E-state index contributed by atoms with van der Waals surface area (Å²) in [6.07, 6.45) is 0. The smallest absolute Gasteiger partial charge is 0.341 e. The molecule has 9 nitrogen and oxygen atoms in total. The van der Waals surface area contributed by atoms with Crippen molar-refractivity contribution in [1.82, 2.24) is 4.98 Å². The first-order chi connectivity index (χ1) is 16.3. The van der Waals surface area contributed by atoms with Gasteiger partial charge in [0.15, 0.2) is 0 Å². The first kappa shape index (κ1) is 24.8. The third kappa shape index (κ3) is 4.33. The lowest BCUT2D eigenvalue weighted by atomic mass is 9.90. The minimum absolute atomic E-state index is 0.0241. The highest BCUT2D eigenvalue weighted by Crippen LogP contribution is 2.38. The molecule has 0 aliphatic carbocycles. The lowest BCUT2D eigenvalue weighted by molar-refractivity contribution is 0.0446. The van der Waals surface area contributed by atoms with Gasteiger partial charge in [-0.3, -0.25) is 0 Å². The first-order valence-electron chi connectivity index (χ1n) is 11.1. The lowest BCUT2D eigenvalue weighted by Gasteiger charge is -2.18. The number of hydrogen-bond acceptors (Lipinski definition) is 8. The van der Waals surface area contributed by atoms with E-state index in [2.05, 4.69) is 4.98 Å². The second kappa shape index (κ2) is 10.4. The second-order valence-electron chi connectivity index (χ2n) is 7.31. The number of esters is 4. The highest BCUT2D eigenvalue weighted by molar-refractivity contribution is 6.28. The van der Waals surface area contributed by atoms with E-state index in [0.717, 1.165) is 5.56 Å². The van der Waals surface area contributed by atoms with E-state index in [0.29, 0.717) is 10.9 Å². The monoisotopic (exact) mass is 469 g/mol. The average Bonchev–Trinajstić information content (AvgIpc) is 3.15. The molecular weight excluding hydrogens is 442 g/mol. The fourth-order valence-electron chi connectivity index (χ4n) is 3.89. The van der Waals surface area contributed by atoms with Gasteiger partial charge >= 0.3 is 23.9 Å². The molecule has 34 heavy (non-hydrogen) atoms. The number of ether oxygens (including phenoxy) is 4. The molecular formula is C25H27NO8. The first-order valence-corrected chi connectivity index (χ1v) is 11.1. The summed E-state index contributed by atoms with van der Waals surface area (Å²) < 4.78 is 20.9. The van der Waals surface area contributed by atoms with Crippen LogP contribution in [0.3, 0.4) is 0 Å². The highest BCUT2D eigenvalue weighted by atomic mass is 16.5. The molecule has 0 atom stereocenters. The number of hydrogen-bond donors (Lipinski definition) is 1. The predicted molar refractivity (Wildman–Crippen MR) is 124 cm³/mol. The number of carbonyl (C=O) groups is 4. The van der Waals surface area contributed by atoms with Gasteiger partial charge in [0, 0.05) is 16.3 Å². The van der Waals surface area contributed by atoms with Gasteiger partial charge in [-0.2, -0.15) is 0 Å². The van der Waals surface area contributed by atoms with E-state index in [1.165, 1.54) is 0 Å². The van der Waals surface area contributed by atoms with Gasteiger partial charge in [0.1, 0.15) is 0 Å². The molecule has 0 spiro atoms. The Morgan fingerprint density at radius 1 is 0.676 bits per heavy atom. The van der Waals surface area contributed by atoms with Crippen LogP contribution in [0.1, 0.15) is 74.7 Å². The molecule has 0 saturated carbocycles. The fourth-order valence-corrected chi connectivity index (χ4v) is 3.89. The summed E-state index contributed by atoms with van der Waals surface area (Å²) >= 11 is 0. The largest absolute Gasteiger partial charge is 0.462 e. The van der Waals surface area contributed by atoms with E-state index in [1.54, 1.807) is 33.8 Å². The summed E-state index contributed by atoms with van der Waals surface area (Å²) in [4.78, 5) is 55.8. The van der Waals surface area contributed by atoms with E-state index < -0.39 is 35.0 Å². The van der Waals surface area contributed by atoms with Gasteiger partial charge in [0.2, 0.25) is 0 Å². The molecule has 9 heteroatoms. The van der Waals surface area contributed by atoms with Crippen molar-refractivity contribution in [3.05, 3.63) is 46.0 Å². The number of nitrogens with one attached hydrogen (secondary N) is 1. The Morgan fingerprint density at radius 3 is 1.62 bits per heavy atom. The minimum atomic E-state index is -0.962. The number of H-pyrrole nitrogens is 1. The number of rotatable bonds is 8. The van der Waals surface area contributed by atoms with E-state index >= 15 is 0 Å². The van der Waals surface area contributed by atoms with E-state index in [-0.39, 0.29) is 48.5 Å². The molecule has 1 heterocycles. The van der Waals surface area contributed by atoms with E-state index in [4.69, 9.17) is 18.9 Å². The van der Waals surface area contributed by atoms with Crippen molar-refractivity contribution in [1.29, 1.82) is 0 Å². The van der Waals surface area contributed by atoms with Gasteiger partial charge < -0.3 is 23.9 Å². The molecule has 0 fully saturated rings. The number of benzene rings is 2. The van der Waals surface area contributed by atoms with Crippen molar-refractivity contribution in [2.75, 3.05) is 26.4 Å². The Bertz CT molecular complexity index is 1290. The molecule has 0 aliphatic rings. The van der Waals surface area contributed by atoms with E-state index in [1.807, 2.05) is 19.1 Å². The standard InChI is InChI=1S/C25H27NO8/c1-6-31-22(27)17-16-14-11-10-13(5)12-15(14)26-21(16)20(25(30)34-9-4)19(24(29)33-8-3)18(17)23(28)32-7-2/h10-12,26H,6-9H2,1-5H3. The van der Waals surface area contributed by atoms with Crippen molar-refractivity contribution in [2.45, 2.75) is 34.6 Å². The molecule has 0 aliphatic heterocycles. The summed E-state index contributed by atoms with van der Waals surface area (Å²) in [5.74, 6) is -3.60. The normalized spacial score (nSPS) is 10.9. The molecule has 1 N–H and O–H groups in total. The predicted octanol–water partition coefficient (Wildman–Crippen LogP) is 4.34. The van der Waals surface area contributed by atoms with Gasteiger partial charge in [-0.25, -0.2) is 19.2 Å². The summed E-state index contributed by atoms with van der Waals surface area (Å²) in [5.41, 5.74) is 0.501. The van der Waals surface area contributed by atoms with Gasteiger partial charge in [0.05, 0.1) is 54.2 Å². The maximum atomic E-state index is 13.2. The number of aryl methyl sites for hydroxylation is 1. The molecule has 0 saturated heterocycles. The molecule has 2 aromatic carbocycles. The van der Waals surface area contributed by atoms with Crippen LogP contribution in [-0.4, -0.2) is 55.3 Å². The topological polar surface area (TPSA) is 121 Å². The third-order valence-electron chi connectivity index (χ3n) is 5.12. The zero-order valence-electron chi connectivity index (χ0n) is 19.8. The van der Waals surface area contributed by atoms with Crippen LogP contribution in [0.15, 0.2) is 18.2 Å². The second-order valence-corrected chi connectivity index (χ2v) is 7.31. The zero-order valence-corrected chi connectivity index (χ0v) is 19.8. The Kier molecular flexibility index (Phi) is 7.55. The lowest BCUT2D eigenvalue weighted by Crippen LogP contribution is -2.24. The third-order valence-corrected chi connectivity index (χ3v) is 5.12. The van der Waals surface area contributed by atoms with Crippen LogP contribution >= 0.6 is 0 Å². The summed E-state index contributed by atoms with van der Waals surface area (Å²) in [7, 11) is 0. The number of fused-ring (bicyclic) bond motifs is 3. The maximum absolute atomic E-state index is 13.2. The van der Waals surface area contributed by atoms with Crippen molar-refractivity contribution >= 4 is 45.7 Å². The SMILES string of the molecule is CCOC(=O)c1c(C(=O)OCC)c(C(=O)OCC)c2c([nH]c3cc(C)ccc32)c1C(=O)OCC. The Morgan fingerprint density at radius 2 is 1.12 bits per heavy atom. The van der Waals surface area contributed by atoms with E-state index in [9.17, 15) is 19.2 Å². The summed E-state index contributed by atoms with van der Waals surface area (Å²) in [5, 5.41) is 0.822. The average molecular weight is 469 g/mol. The van der Waals surface area contributed by atoms with Crippen molar-refractivity contribution in [2.24, 2.45) is 0 Å². The fraction of sp³-hybridized carbons (Fsp3) is 0.360. The Hall–Kier alpha value is -3.88. The van der Waals surface area contributed by atoms with Gasteiger partial charge in [-0.1, -0.05) is 12.1 Å². The highest BCUT2D eigenvalue weighted by Gasteiger charge is 2.37. The van der Waals surface area contributed by atoms with Crippen LogP contribution in [0.25, 0.3) is 21.8 Å². The zero-order chi connectivity index (χ0) is 25.0. The molecule has 0 radical (unpaired) electrons. The summed E-state index contributed by atoms with van der Waals surface area (Å²) in [6, 6.07) is 5.42. The number of aromatic nitrogens is 1. The van der Waals surface area contributed by atoms with Crippen LogP contribution in [0.2, 0.25) is 0 Å².